The van der Waals surface area contributed by atoms with Crippen molar-refractivity contribution in [1.29, 1.82) is 0 Å². The Morgan fingerprint density at radius 3 is 2.73 bits per heavy atom. The first-order valence-corrected chi connectivity index (χ1v) is 9.82. The molecular weight excluding hydrogens is 390 g/mol. The third kappa shape index (κ3) is 4.11. The highest BCUT2D eigenvalue weighted by molar-refractivity contribution is 9.10. The van der Waals surface area contributed by atoms with Crippen LogP contribution in [0.2, 0.25) is 0 Å². The molecule has 1 aromatic heterocycles. The van der Waals surface area contributed by atoms with Gasteiger partial charge >= 0.3 is 0 Å². The van der Waals surface area contributed by atoms with Crippen molar-refractivity contribution in [3.05, 3.63) is 34.3 Å². The molecule has 0 radical (unpaired) electrons. The number of carbonyl (C=O) groups excluding carboxylic acids is 1. The highest BCUT2D eigenvalue weighted by Crippen LogP contribution is 2.23. The Labute approximate surface area is 141 Å². The standard InChI is InChI=1S/C13H14BrN3O3S2/c1-2-3-8-22(19,20)13-17-16-12(21-13)15-11(18)9-6-4-5-7-10(9)14/h4-7H,2-3,8H2,1H3,(H,15,16,18). The van der Waals surface area contributed by atoms with Gasteiger partial charge in [-0.15, -0.1) is 10.2 Å². The smallest absolute Gasteiger partial charge is 0.258 e. The second kappa shape index (κ2) is 7.30. The summed E-state index contributed by atoms with van der Waals surface area (Å²) in [6, 6.07) is 6.93. The van der Waals surface area contributed by atoms with E-state index in [0.717, 1.165) is 17.8 Å². The second-order valence-electron chi connectivity index (χ2n) is 4.48. The van der Waals surface area contributed by atoms with Crippen molar-refractivity contribution in [1.82, 2.24) is 10.2 Å². The van der Waals surface area contributed by atoms with Crippen LogP contribution in [-0.2, 0) is 9.84 Å². The molecule has 118 valence electrons. The quantitative estimate of drug-likeness (QED) is 0.748. The predicted octanol–water partition coefficient (Wildman–Crippen LogP) is 3.13. The summed E-state index contributed by atoms with van der Waals surface area (Å²) in [5.41, 5.74) is 0.438. The van der Waals surface area contributed by atoms with Crippen LogP contribution in [0.1, 0.15) is 30.1 Å². The van der Waals surface area contributed by atoms with Crippen LogP contribution in [-0.4, -0.2) is 30.3 Å². The van der Waals surface area contributed by atoms with Crippen molar-refractivity contribution >= 4 is 48.1 Å². The van der Waals surface area contributed by atoms with E-state index in [2.05, 4.69) is 31.4 Å². The molecule has 9 heteroatoms. The molecule has 1 amide bonds. The third-order valence-electron chi connectivity index (χ3n) is 2.78. The molecule has 22 heavy (non-hydrogen) atoms. The predicted molar refractivity (Wildman–Crippen MR) is 89.0 cm³/mol. The number of unbranched alkanes of at least 4 members (excludes halogenated alkanes) is 1. The van der Waals surface area contributed by atoms with Crippen LogP contribution in [0.4, 0.5) is 5.13 Å². The van der Waals surface area contributed by atoms with Gasteiger partial charge in [-0.05, 0) is 34.5 Å². The minimum absolute atomic E-state index is 0.0380. The number of rotatable bonds is 6. The molecule has 0 unspecified atom stereocenters. The number of nitrogens with zero attached hydrogens (tertiary/aromatic N) is 2. The van der Waals surface area contributed by atoms with Crippen LogP contribution in [0.3, 0.4) is 0 Å². The molecule has 2 rings (SSSR count). The number of hydrogen-bond donors (Lipinski definition) is 1. The first-order valence-electron chi connectivity index (χ1n) is 6.56. The maximum atomic E-state index is 12.1. The molecule has 0 saturated carbocycles. The van der Waals surface area contributed by atoms with E-state index >= 15 is 0 Å². The van der Waals surface area contributed by atoms with Crippen molar-refractivity contribution in [2.75, 3.05) is 11.1 Å². The van der Waals surface area contributed by atoms with Crippen LogP contribution in [0.15, 0.2) is 33.1 Å². The summed E-state index contributed by atoms with van der Waals surface area (Å²) in [4.78, 5) is 12.1. The molecule has 0 aliphatic carbocycles. The lowest BCUT2D eigenvalue weighted by Gasteiger charge is -2.02. The molecule has 0 spiro atoms. The number of sulfone groups is 1. The summed E-state index contributed by atoms with van der Waals surface area (Å²) < 4.78 is 24.6. The topological polar surface area (TPSA) is 89.0 Å². The molecule has 0 aliphatic heterocycles. The van der Waals surface area contributed by atoms with E-state index in [4.69, 9.17) is 0 Å². The number of amides is 1. The Morgan fingerprint density at radius 2 is 2.05 bits per heavy atom. The minimum atomic E-state index is -3.43. The number of benzene rings is 1. The molecule has 6 nitrogen and oxygen atoms in total. The van der Waals surface area contributed by atoms with Gasteiger partial charge in [0, 0.05) is 4.47 Å². The van der Waals surface area contributed by atoms with E-state index in [1.54, 1.807) is 24.3 Å². The Kier molecular flexibility index (Phi) is 5.65. The van der Waals surface area contributed by atoms with E-state index < -0.39 is 9.84 Å². The second-order valence-corrected chi connectivity index (χ2v) is 8.59. The van der Waals surface area contributed by atoms with E-state index in [1.807, 2.05) is 6.92 Å². The van der Waals surface area contributed by atoms with Crippen molar-refractivity contribution in [2.24, 2.45) is 0 Å². The molecule has 0 bridgehead atoms. The molecule has 0 atom stereocenters. The van der Waals surface area contributed by atoms with Crippen molar-refractivity contribution in [3.63, 3.8) is 0 Å². The maximum Gasteiger partial charge on any atom is 0.258 e. The lowest BCUT2D eigenvalue weighted by molar-refractivity contribution is 0.102. The maximum absolute atomic E-state index is 12.1. The van der Waals surface area contributed by atoms with Gasteiger partial charge in [0.1, 0.15) is 0 Å². The average molecular weight is 404 g/mol. The molecular formula is C13H14BrN3O3S2. The minimum Gasteiger partial charge on any atom is -0.296 e. The number of anilines is 1. The van der Waals surface area contributed by atoms with Gasteiger partial charge in [0.05, 0.1) is 11.3 Å². The fraction of sp³-hybridized carbons (Fsp3) is 0.308. The number of aromatic nitrogens is 2. The van der Waals surface area contributed by atoms with Gasteiger partial charge in [0.2, 0.25) is 19.3 Å². The molecule has 1 N–H and O–H groups in total. The van der Waals surface area contributed by atoms with Crippen molar-refractivity contribution < 1.29 is 13.2 Å². The number of carbonyl (C=O) groups is 1. The van der Waals surface area contributed by atoms with Crippen molar-refractivity contribution in [3.8, 4) is 0 Å². The lowest BCUT2D eigenvalue weighted by Crippen LogP contribution is -2.12. The summed E-state index contributed by atoms with van der Waals surface area (Å²) >= 11 is 4.15. The lowest BCUT2D eigenvalue weighted by atomic mass is 10.2. The largest absolute Gasteiger partial charge is 0.296 e. The number of halogens is 1. The highest BCUT2D eigenvalue weighted by atomic mass is 79.9. The van der Waals surface area contributed by atoms with Crippen LogP contribution in [0.5, 0.6) is 0 Å². The first kappa shape index (κ1) is 17.0. The number of hydrogen-bond acceptors (Lipinski definition) is 6. The summed E-state index contributed by atoms with van der Waals surface area (Å²) in [7, 11) is -3.43. The molecule has 0 saturated heterocycles. The molecule has 0 aliphatic rings. The summed E-state index contributed by atoms with van der Waals surface area (Å²) in [5.74, 6) is -0.336. The van der Waals surface area contributed by atoms with Crippen LogP contribution < -0.4 is 5.32 Å². The van der Waals surface area contributed by atoms with Gasteiger partial charge in [0.15, 0.2) is 0 Å². The van der Waals surface area contributed by atoms with Gasteiger partial charge < -0.3 is 0 Å². The first-order chi connectivity index (χ1) is 10.4. The van der Waals surface area contributed by atoms with Crippen LogP contribution >= 0.6 is 27.3 Å². The SMILES string of the molecule is CCCCS(=O)(=O)c1nnc(NC(=O)c2ccccc2Br)s1. The van der Waals surface area contributed by atoms with E-state index in [9.17, 15) is 13.2 Å². The zero-order valence-electron chi connectivity index (χ0n) is 11.7. The Bertz CT molecular complexity index is 774. The van der Waals surface area contributed by atoms with Gasteiger partial charge in [-0.1, -0.05) is 36.8 Å². The van der Waals surface area contributed by atoms with Crippen molar-refractivity contribution in [2.45, 2.75) is 24.1 Å². The molecule has 0 fully saturated rings. The van der Waals surface area contributed by atoms with Gasteiger partial charge in [0.25, 0.3) is 5.91 Å². The molecule has 1 heterocycles. The number of nitrogens with one attached hydrogen (secondary N) is 1. The summed E-state index contributed by atoms with van der Waals surface area (Å²) in [6.45, 7) is 1.92. The monoisotopic (exact) mass is 403 g/mol. The third-order valence-corrected chi connectivity index (χ3v) is 6.55. The Morgan fingerprint density at radius 1 is 1.32 bits per heavy atom. The van der Waals surface area contributed by atoms with E-state index in [0.29, 0.717) is 16.5 Å². The fourth-order valence-electron chi connectivity index (χ4n) is 1.62. The fourth-order valence-corrected chi connectivity index (χ4v) is 4.56. The highest BCUT2D eigenvalue weighted by Gasteiger charge is 2.21. The average Bonchev–Trinajstić information content (AvgIpc) is 2.95. The van der Waals surface area contributed by atoms with Crippen LogP contribution in [0.25, 0.3) is 0 Å². The van der Waals surface area contributed by atoms with E-state index in [1.165, 1.54) is 0 Å². The Hall–Kier alpha value is -1.32. The Balaban J connectivity index is 2.13. The van der Waals surface area contributed by atoms with Crippen LogP contribution in [0, 0.1) is 0 Å². The zero-order valence-corrected chi connectivity index (χ0v) is 15.0. The van der Waals surface area contributed by atoms with Gasteiger partial charge in [-0.2, -0.15) is 0 Å². The van der Waals surface area contributed by atoms with E-state index in [-0.39, 0.29) is 21.1 Å². The van der Waals surface area contributed by atoms with Gasteiger partial charge in [-0.25, -0.2) is 8.42 Å². The zero-order chi connectivity index (χ0) is 16.2. The molecule has 2 aromatic rings. The normalized spacial score (nSPS) is 11.4. The summed E-state index contributed by atoms with van der Waals surface area (Å²) in [6.07, 6.45) is 1.35. The van der Waals surface area contributed by atoms with Gasteiger partial charge in [-0.3, -0.25) is 10.1 Å². The summed E-state index contributed by atoms with van der Waals surface area (Å²) in [5, 5.41) is 10.1. The molecule has 1 aromatic carbocycles.